The van der Waals surface area contributed by atoms with Crippen molar-refractivity contribution >= 4 is 17.4 Å². The number of rotatable bonds is 5. The van der Waals surface area contributed by atoms with Crippen molar-refractivity contribution in [1.29, 1.82) is 0 Å². The molecule has 0 bridgehead atoms. The molecule has 7 nitrogen and oxygen atoms in total. The van der Waals surface area contributed by atoms with Gasteiger partial charge in [-0.2, -0.15) is 0 Å². The second-order valence-corrected chi connectivity index (χ2v) is 5.55. The Morgan fingerprint density at radius 2 is 1.81 bits per heavy atom. The molecule has 8 heteroatoms. The first kappa shape index (κ1) is 18.1. The number of carbonyl (C=O) groups excluding carboxylic acids is 1. The molecule has 3 aromatic rings. The summed E-state index contributed by atoms with van der Waals surface area (Å²) in [5, 5.41) is 5.34. The molecule has 0 atom stereocenters. The van der Waals surface area contributed by atoms with Crippen LogP contribution in [0.2, 0.25) is 0 Å². The second kappa shape index (κ2) is 8.13. The highest BCUT2D eigenvalue weighted by Gasteiger charge is 2.09. The van der Waals surface area contributed by atoms with Gasteiger partial charge >= 0.3 is 12.0 Å². The summed E-state index contributed by atoms with van der Waals surface area (Å²) in [6, 6.07) is 10.8. The van der Waals surface area contributed by atoms with Gasteiger partial charge in [0.05, 0.1) is 25.2 Å². The van der Waals surface area contributed by atoms with Crippen LogP contribution < -0.4 is 20.1 Å². The fourth-order valence-corrected chi connectivity index (χ4v) is 2.25. The maximum absolute atomic E-state index is 13.6. The van der Waals surface area contributed by atoms with Gasteiger partial charge in [0.2, 0.25) is 0 Å². The third kappa shape index (κ3) is 4.69. The Bertz CT molecular complexity index is 948. The molecule has 0 aliphatic rings. The summed E-state index contributed by atoms with van der Waals surface area (Å²) < 4.78 is 24.0. The summed E-state index contributed by atoms with van der Waals surface area (Å²) in [6.45, 7) is 1.86. The number of halogens is 1. The molecule has 0 fully saturated rings. The third-order valence-electron chi connectivity index (χ3n) is 3.61. The number of nitrogens with one attached hydrogen (secondary N) is 2. The van der Waals surface area contributed by atoms with E-state index in [4.69, 9.17) is 9.47 Å². The predicted octanol–water partition coefficient (Wildman–Crippen LogP) is 4.37. The molecule has 0 saturated heterocycles. The lowest BCUT2D eigenvalue weighted by Crippen LogP contribution is -2.20. The smallest absolute Gasteiger partial charge is 0.323 e. The normalized spacial score (nSPS) is 10.2. The Morgan fingerprint density at radius 1 is 1.07 bits per heavy atom. The van der Waals surface area contributed by atoms with Crippen molar-refractivity contribution in [2.24, 2.45) is 0 Å². The van der Waals surface area contributed by atoms with Crippen LogP contribution in [-0.2, 0) is 0 Å². The van der Waals surface area contributed by atoms with E-state index in [0.717, 1.165) is 5.56 Å². The molecule has 3 rings (SSSR count). The predicted molar refractivity (Wildman–Crippen MR) is 98.9 cm³/mol. The van der Waals surface area contributed by atoms with Crippen LogP contribution in [0.15, 0.2) is 54.9 Å². The quantitative estimate of drug-likeness (QED) is 0.698. The topological polar surface area (TPSA) is 85.4 Å². The molecular formula is C19H17FN4O3. The number of methoxy groups -OCH3 is 1. The summed E-state index contributed by atoms with van der Waals surface area (Å²) in [7, 11) is 1.58. The van der Waals surface area contributed by atoms with E-state index < -0.39 is 11.8 Å². The lowest BCUT2D eigenvalue weighted by Gasteiger charge is -2.11. The fourth-order valence-electron chi connectivity index (χ4n) is 2.25. The van der Waals surface area contributed by atoms with Gasteiger partial charge in [-0.25, -0.2) is 19.2 Å². The van der Waals surface area contributed by atoms with Gasteiger partial charge in [-0.05, 0) is 42.8 Å². The van der Waals surface area contributed by atoms with Crippen molar-refractivity contribution < 1.29 is 18.7 Å². The first-order chi connectivity index (χ1) is 13.0. The van der Waals surface area contributed by atoms with Crippen molar-refractivity contribution in [3.8, 4) is 17.5 Å². The third-order valence-corrected chi connectivity index (χ3v) is 3.61. The van der Waals surface area contributed by atoms with Crippen molar-refractivity contribution in [2.45, 2.75) is 6.92 Å². The minimum atomic E-state index is -0.516. The SMILES string of the molecule is COc1ccc(NC(=O)Nc2cnc(Oc3ccccc3F)nc2)c(C)c1. The van der Waals surface area contributed by atoms with Gasteiger partial charge in [-0.3, -0.25) is 0 Å². The molecule has 2 amide bonds. The summed E-state index contributed by atoms with van der Waals surface area (Å²) in [4.78, 5) is 20.0. The lowest BCUT2D eigenvalue weighted by atomic mass is 10.2. The first-order valence-corrected chi connectivity index (χ1v) is 8.02. The molecule has 0 saturated carbocycles. The molecule has 0 unspecified atom stereocenters. The van der Waals surface area contributed by atoms with Crippen LogP contribution in [0, 0.1) is 12.7 Å². The highest BCUT2D eigenvalue weighted by Crippen LogP contribution is 2.22. The van der Waals surface area contributed by atoms with Gasteiger partial charge in [0.1, 0.15) is 5.75 Å². The highest BCUT2D eigenvalue weighted by atomic mass is 19.1. The number of nitrogens with zero attached hydrogens (tertiary/aromatic N) is 2. The van der Waals surface area contributed by atoms with E-state index in [-0.39, 0.29) is 11.8 Å². The van der Waals surface area contributed by atoms with Crippen molar-refractivity contribution in [3.63, 3.8) is 0 Å². The summed E-state index contributed by atoms with van der Waals surface area (Å²) in [5.41, 5.74) is 1.86. The Labute approximate surface area is 155 Å². The zero-order valence-electron chi connectivity index (χ0n) is 14.7. The molecule has 138 valence electrons. The Morgan fingerprint density at radius 3 is 2.48 bits per heavy atom. The van der Waals surface area contributed by atoms with E-state index in [0.29, 0.717) is 17.1 Å². The fraction of sp³-hybridized carbons (Fsp3) is 0.105. The van der Waals surface area contributed by atoms with Crippen LogP contribution in [0.3, 0.4) is 0 Å². The molecule has 1 heterocycles. The van der Waals surface area contributed by atoms with Crippen LogP contribution in [0.4, 0.5) is 20.6 Å². The van der Waals surface area contributed by atoms with Gasteiger partial charge < -0.3 is 20.1 Å². The van der Waals surface area contributed by atoms with E-state index in [2.05, 4.69) is 20.6 Å². The number of hydrogen-bond donors (Lipinski definition) is 2. The van der Waals surface area contributed by atoms with Gasteiger partial charge in [0, 0.05) is 5.69 Å². The molecule has 0 radical (unpaired) electrons. The van der Waals surface area contributed by atoms with Crippen LogP contribution >= 0.6 is 0 Å². The molecule has 2 N–H and O–H groups in total. The zero-order chi connectivity index (χ0) is 19.2. The maximum atomic E-state index is 13.6. The minimum absolute atomic E-state index is 0.0194. The average molecular weight is 368 g/mol. The number of ether oxygens (including phenoxy) is 2. The summed E-state index contributed by atoms with van der Waals surface area (Å²) in [6.07, 6.45) is 2.73. The van der Waals surface area contributed by atoms with Gasteiger partial charge in [0.25, 0.3) is 0 Å². The number of anilines is 2. The zero-order valence-corrected chi connectivity index (χ0v) is 14.7. The number of hydrogen-bond acceptors (Lipinski definition) is 5. The van der Waals surface area contributed by atoms with Crippen molar-refractivity contribution in [1.82, 2.24) is 9.97 Å². The van der Waals surface area contributed by atoms with Crippen molar-refractivity contribution in [2.75, 3.05) is 17.7 Å². The number of amides is 2. The molecule has 2 aromatic carbocycles. The van der Waals surface area contributed by atoms with Crippen LogP contribution in [0.25, 0.3) is 0 Å². The average Bonchev–Trinajstić information content (AvgIpc) is 2.67. The molecular weight excluding hydrogens is 351 g/mol. The molecule has 1 aromatic heterocycles. The van der Waals surface area contributed by atoms with E-state index in [1.54, 1.807) is 31.4 Å². The van der Waals surface area contributed by atoms with E-state index >= 15 is 0 Å². The maximum Gasteiger partial charge on any atom is 0.323 e. The molecule has 0 spiro atoms. The van der Waals surface area contributed by atoms with E-state index in [9.17, 15) is 9.18 Å². The number of urea groups is 1. The molecule has 0 aliphatic carbocycles. The number of aromatic nitrogens is 2. The number of para-hydroxylation sites is 1. The molecule has 27 heavy (non-hydrogen) atoms. The summed E-state index contributed by atoms with van der Waals surface area (Å²) >= 11 is 0. The second-order valence-electron chi connectivity index (χ2n) is 5.55. The van der Waals surface area contributed by atoms with Crippen LogP contribution in [0.5, 0.6) is 17.5 Å². The molecule has 0 aliphatic heterocycles. The Hall–Kier alpha value is -3.68. The monoisotopic (exact) mass is 368 g/mol. The van der Waals surface area contributed by atoms with E-state index in [1.807, 2.05) is 13.0 Å². The Kier molecular flexibility index (Phi) is 5.46. The number of carbonyl (C=O) groups is 1. The summed E-state index contributed by atoms with van der Waals surface area (Å²) in [5.74, 6) is 0.209. The van der Waals surface area contributed by atoms with Gasteiger partial charge in [0.15, 0.2) is 11.6 Å². The van der Waals surface area contributed by atoms with Crippen molar-refractivity contribution in [3.05, 3.63) is 66.2 Å². The van der Waals surface area contributed by atoms with E-state index in [1.165, 1.54) is 24.5 Å². The van der Waals surface area contributed by atoms with Crippen LogP contribution in [0.1, 0.15) is 5.56 Å². The lowest BCUT2D eigenvalue weighted by molar-refractivity contribution is 0.262. The number of benzene rings is 2. The van der Waals surface area contributed by atoms with Gasteiger partial charge in [-0.1, -0.05) is 12.1 Å². The first-order valence-electron chi connectivity index (χ1n) is 8.02. The minimum Gasteiger partial charge on any atom is -0.497 e. The Balaban J connectivity index is 1.61. The van der Waals surface area contributed by atoms with Gasteiger partial charge in [-0.15, -0.1) is 0 Å². The largest absolute Gasteiger partial charge is 0.497 e. The number of aryl methyl sites for hydroxylation is 1. The standard InChI is InChI=1S/C19H17FN4O3/c1-12-9-14(26-2)7-8-16(12)24-18(25)23-13-10-21-19(22-11-13)27-17-6-4-3-5-15(17)20/h3-11H,1-2H3,(H2,23,24,25). The van der Waals surface area contributed by atoms with Crippen LogP contribution in [-0.4, -0.2) is 23.1 Å². The highest BCUT2D eigenvalue weighted by molar-refractivity contribution is 6.00.